The molecule has 1 aromatic heterocycles. The summed E-state index contributed by atoms with van der Waals surface area (Å²) >= 11 is 0. The lowest BCUT2D eigenvalue weighted by atomic mass is 10.0. The van der Waals surface area contributed by atoms with Gasteiger partial charge in [0, 0.05) is 19.6 Å². The van der Waals surface area contributed by atoms with Crippen molar-refractivity contribution in [2.75, 3.05) is 13.1 Å². The maximum Gasteiger partial charge on any atom is 0.283 e. The zero-order valence-corrected chi connectivity index (χ0v) is 11.0. The molecule has 102 valence electrons. The lowest BCUT2D eigenvalue weighted by Crippen LogP contribution is -2.31. The average molecular weight is 260 g/mol. The van der Waals surface area contributed by atoms with E-state index < -0.39 is 0 Å². The van der Waals surface area contributed by atoms with Gasteiger partial charge in [-0.05, 0) is 36.8 Å². The van der Waals surface area contributed by atoms with Gasteiger partial charge in [0.25, 0.3) is 5.91 Å². The Hall–Kier alpha value is -1.46. The number of nitrogens with zero attached hydrogens (tertiary/aromatic N) is 2. The van der Waals surface area contributed by atoms with E-state index in [1.165, 1.54) is 32.4 Å². The quantitative estimate of drug-likeness (QED) is 0.481. The Morgan fingerprint density at radius 1 is 1.37 bits per heavy atom. The highest BCUT2D eigenvalue weighted by Gasteiger charge is 2.35. The third kappa shape index (κ3) is 2.62. The number of rotatable bonds is 3. The lowest BCUT2D eigenvalue weighted by Gasteiger charge is -2.16. The summed E-state index contributed by atoms with van der Waals surface area (Å²) < 4.78 is 0. The van der Waals surface area contributed by atoms with Gasteiger partial charge in [0.2, 0.25) is 0 Å². The fourth-order valence-electron chi connectivity index (χ4n) is 3.46. The van der Waals surface area contributed by atoms with Crippen molar-refractivity contribution in [2.24, 2.45) is 17.7 Å². The number of nitrogens with two attached hydrogens (primary N) is 1. The molecule has 5 heteroatoms. The number of likely N-dealkylation sites (tertiary alicyclic amines) is 1. The number of fused-ring (bicyclic) bond motifs is 1. The first-order chi connectivity index (χ1) is 9.26. The number of hydrogen-bond acceptors (Lipinski definition) is 4. The van der Waals surface area contributed by atoms with Crippen LogP contribution in [0.15, 0.2) is 18.2 Å². The molecule has 0 aromatic carbocycles. The van der Waals surface area contributed by atoms with E-state index in [9.17, 15) is 4.79 Å². The lowest BCUT2D eigenvalue weighted by molar-refractivity contribution is 0.0948. The molecule has 2 heterocycles. The zero-order valence-electron chi connectivity index (χ0n) is 11.0. The molecule has 1 aliphatic heterocycles. The summed E-state index contributed by atoms with van der Waals surface area (Å²) in [4.78, 5) is 18.3. The van der Waals surface area contributed by atoms with Crippen LogP contribution in [0.5, 0.6) is 0 Å². The van der Waals surface area contributed by atoms with Crippen molar-refractivity contribution in [3.63, 3.8) is 0 Å². The van der Waals surface area contributed by atoms with Crippen LogP contribution in [0.1, 0.15) is 35.4 Å². The van der Waals surface area contributed by atoms with Gasteiger partial charge in [0.15, 0.2) is 0 Å². The van der Waals surface area contributed by atoms with E-state index in [-0.39, 0.29) is 5.91 Å². The van der Waals surface area contributed by atoms with Crippen LogP contribution < -0.4 is 11.3 Å². The normalized spacial score (nSPS) is 26.4. The minimum absolute atomic E-state index is 0.333. The van der Waals surface area contributed by atoms with Gasteiger partial charge in [0.1, 0.15) is 5.69 Å². The minimum atomic E-state index is -0.333. The molecule has 2 fully saturated rings. The number of pyridine rings is 1. The predicted octanol–water partition coefficient (Wildman–Crippen LogP) is 0.917. The fourth-order valence-corrected chi connectivity index (χ4v) is 3.46. The van der Waals surface area contributed by atoms with E-state index in [0.29, 0.717) is 5.69 Å². The number of nitrogens with one attached hydrogen (secondary N) is 1. The van der Waals surface area contributed by atoms with Gasteiger partial charge >= 0.3 is 0 Å². The standard InChI is InChI=1S/C14H20N4O/c15-17-14(19)13-6-2-5-12(16-13)9-18-7-10-3-1-4-11(10)8-18/h2,5-6,10-11H,1,3-4,7-9,15H2,(H,17,19). The van der Waals surface area contributed by atoms with Gasteiger partial charge in [-0.1, -0.05) is 12.5 Å². The Kier molecular flexibility index (Phi) is 3.48. The largest absolute Gasteiger partial charge is 0.297 e. The smallest absolute Gasteiger partial charge is 0.283 e. The third-order valence-electron chi connectivity index (χ3n) is 4.36. The molecule has 1 aromatic rings. The molecule has 2 aliphatic rings. The number of aromatic nitrogens is 1. The number of carbonyl (C=O) groups is 1. The first-order valence-electron chi connectivity index (χ1n) is 6.95. The van der Waals surface area contributed by atoms with E-state index in [1.807, 2.05) is 12.1 Å². The fraction of sp³-hybridized carbons (Fsp3) is 0.571. The van der Waals surface area contributed by atoms with Gasteiger partial charge in [-0.25, -0.2) is 10.8 Å². The number of hydrazine groups is 1. The van der Waals surface area contributed by atoms with E-state index in [4.69, 9.17) is 5.84 Å². The Balaban J connectivity index is 1.65. The molecule has 2 unspecified atom stereocenters. The van der Waals surface area contributed by atoms with Crippen LogP contribution in [-0.2, 0) is 6.54 Å². The Morgan fingerprint density at radius 3 is 2.79 bits per heavy atom. The molecule has 2 atom stereocenters. The first-order valence-corrected chi connectivity index (χ1v) is 6.95. The molecule has 0 radical (unpaired) electrons. The van der Waals surface area contributed by atoms with Crippen molar-refractivity contribution in [3.05, 3.63) is 29.6 Å². The van der Waals surface area contributed by atoms with Crippen molar-refractivity contribution >= 4 is 5.91 Å². The summed E-state index contributed by atoms with van der Waals surface area (Å²) in [5, 5.41) is 0. The second-order valence-corrected chi connectivity index (χ2v) is 5.63. The molecule has 0 spiro atoms. The topological polar surface area (TPSA) is 71.2 Å². The Morgan fingerprint density at radius 2 is 2.11 bits per heavy atom. The molecule has 1 saturated carbocycles. The van der Waals surface area contributed by atoms with Crippen LogP contribution in [0.4, 0.5) is 0 Å². The summed E-state index contributed by atoms with van der Waals surface area (Å²) in [5.74, 6) is 6.57. The molecule has 3 N–H and O–H groups in total. The van der Waals surface area contributed by atoms with E-state index in [1.54, 1.807) is 6.07 Å². The molecule has 1 saturated heterocycles. The SMILES string of the molecule is NNC(=O)c1cccc(CN2CC3CCCC3C2)n1. The average Bonchev–Trinajstić information content (AvgIpc) is 2.99. The van der Waals surface area contributed by atoms with Crippen molar-refractivity contribution in [2.45, 2.75) is 25.8 Å². The summed E-state index contributed by atoms with van der Waals surface area (Å²) in [6.07, 6.45) is 4.15. The van der Waals surface area contributed by atoms with E-state index in [0.717, 1.165) is 24.1 Å². The molecule has 1 amide bonds. The van der Waals surface area contributed by atoms with Crippen molar-refractivity contribution in [1.82, 2.24) is 15.3 Å². The highest BCUT2D eigenvalue weighted by atomic mass is 16.2. The van der Waals surface area contributed by atoms with Gasteiger partial charge in [-0.2, -0.15) is 0 Å². The van der Waals surface area contributed by atoms with Crippen LogP contribution in [0, 0.1) is 11.8 Å². The minimum Gasteiger partial charge on any atom is -0.297 e. The highest BCUT2D eigenvalue weighted by Crippen LogP contribution is 2.37. The second kappa shape index (κ2) is 5.27. The van der Waals surface area contributed by atoms with Crippen molar-refractivity contribution < 1.29 is 4.79 Å². The summed E-state index contributed by atoms with van der Waals surface area (Å²) in [6, 6.07) is 5.52. The van der Waals surface area contributed by atoms with E-state index >= 15 is 0 Å². The van der Waals surface area contributed by atoms with Crippen molar-refractivity contribution in [3.8, 4) is 0 Å². The maximum absolute atomic E-state index is 11.5. The Labute approximate surface area is 113 Å². The van der Waals surface area contributed by atoms with Gasteiger partial charge in [-0.15, -0.1) is 0 Å². The molecule has 5 nitrogen and oxygen atoms in total. The number of nitrogen functional groups attached to an aromatic ring is 1. The van der Waals surface area contributed by atoms with Crippen LogP contribution in [0.3, 0.4) is 0 Å². The van der Waals surface area contributed by atoms with Crippen LogP contribution in [-0.4, -0.2) is 28.9 Å². The third-order valence-corrected chi connectivity index (χ3v) is 4.36. The summed E-state index contributed by atoms with van der Waals surface area (Å²) in [7, 11) is 0. The zero-order chi connectivity index (χ0) is 13.2. The highest BCUT2D eigenvalue weighted by molar-refractivity contribution is 5.91. The number of carbonyl (C=O) groups excluding carboxylic acids is 1. The number of hydrogen-bond donors (Lipinski definition) is 2. The second-order valence-electron chi connectivity index (χ2n) is 5.63. The van der Waals surface area contributed by atoms with Crippen LogP contribution >= 0.6 is 0 Å². The van der Waals surface area contributed by atoms with Gasteiger partial charge in [-0.3, -0.25) is 15.1 Å². The van der Waals surface area contributed by atoms with Gasteiger partial charge in [0.05, 0.1) is 5.69 Å². The first kappa shape index (κ1) is 12.6. The molecule has 19 heavy (non-hydrogen) atoms. The van der Waals surface area contributed by atoms with Gasteiger partial charge < -0.3 is 0 Å². The molecule has 0 bridgehead atoms. The molecule has 1 aliphatic carbocycles. The predicted molar refractivity (Wildman–Crippen MR) is 72.0 cm³/mol. The van der Waals surface area contributed by atoms with Crippen LogP contribution in [0.2, 0.25) is 0 Å². The molecular weight excluding hydrogens is 240 g/mol. The summed E-state index contributed by atoms with van der Waals surface area (Å²) in [5.41, 5.74) is 3.45. The van der Waals surface area contributed by atoms with E-state index in [2.05, 4.69) is 15.3 Å². The van der Waals surface area contributed by atoms with Crippen molar-refractivity contribution in [1.29, 1.82) is 0 Å². The summed E-state index contributed by atoms with van der Waals surface area (Å²) in [6.45, 7) is 3.19. The van der Waals surface area contributed by atoms with Crippen LogP contribution in [0.25, 0.3) is 0 Å². The number of amides is 1. The molecular formula is C14H20N4O. The monoisotopic (exact) mass is 260 g/mol. The maximum atomic E-state index is 11.5. The molecule has 3 rings (SSSR count). The Bertz CT molecular complexity index is 464.